The summed E-state index contributed by atoms with van der Waals surface area (Å²) in [6, 6.07) is 0.554. The standard InChI is InChI=1S/C9H16N2O.C2HF3O2/c1-4-9(12)11-7(2)5-10-6-8(11)3;3-2(4,5)1(6)7/h4,7-8,10H,1,5-6H2,2-3H3;(H,6,7)/t7-,8+;. The zero-order valence-electron chi connectivity index (χ0n) is 10.7. The Bertz CT molecular complexity index is 335. The lowest BCUT2D eigenvalue weighted by Crippen LogP contribution is -2.56. The number of piperazine rings is 1. The number of amides is 1. The van der Waals surface area contributed by atoms with Crippen molar-refractivity contribution in [3.05, 3.63) is 12.7 Å². The summed E-state index contributed by atoms with van der Waals surface area (Å²) in [7, 11) is 0. The van der Waals surface area contributed by atoms with Crippen LogP contribution in [0.1, 0.15) is 13.8 Å². The maximum atomic E-state index is 11.4. The molecule has 0 radical (unpaired) electrons. The highest BCUT2D eigenvalue weighted by Crippen LogP contribution is 2.13. The highest BCUT2D eigenvalue weighted by atomic mass is 19.4. The van der Waals surface area contributed by atoms with E-state index >= 15 is 0 Å². The summed E-state index contributed by atoms with van der Waals surface area (Å²) in [5, 5.41) is 10.4. The molecular formula is C11H17F3N2O3. The second-order valence-corrected chi connectivity index (χ2v) is 4.11. The Morgan fingerprint density at radius 2 is 1.68 bits per heavy atom. The van der Waals surface area contributed by atoms with Gasteiger partial charge in [-0.1, -0.05) is 6.58 Å². The fourth-order valence-corrected chi connectivity index (χ4v) is 1.67. The number of nitrogens with zero attached hydrogens (tertiary/aromatic N) is 1. The molecule has 1 aliphatic heterocycles. The normalized spacial score (nSPS) is 23.1. The molecule has 0 aromatic carbocycles. The lowest BCUT2D eigenvalue weighted by atomic mass is 10.1. The van der Waals surface area contributed by atoms with Crippen molar-refractivity contribution in [1.82, 2.24) is 10.2 Å². The van der Waals surface area contributed by atoms with Crippen molar-refractivity contribution in [3.63, 3.8) is 0 Å². The summed E-state index contributed by atoms with van der Waals surface area (Å²) in [5.74, 6) is -2.72. The van der Waals surface area contributed by atoms with Crippen LogP contribution in [-0.2, 0) is 9.59 Å². The first-order valence-electron chi connectivity index (χ1n) is 5.56. The highest BCUT2D eigenvalue weighted by molar-refractivity contribution is 5.87. The van der Waals surface area contributed by atoms with Crippen LogP contribution < -0.4 is 5.32 Å². The third-order valence-corrected chi connectivity index (χ3v) is 2.50. The minimum Gasteiger partial charge on any atom is -0.475 e. The average molecular weight is 282 g/mol. The van der Waals surface area contributed by atoms with Crippen molar-refractivity contribution in [3.8, 4) is 0 Å². The van der Waals surface area contributed by atoms with Crippen molar-refractivity contribution < 1.29 is 27.9 Å². The third kappa shape index (κ3) is 5.73. The van der Waals surface area contributed by atoms with Crippen LogP contribution in [-0.4, -0.2) is 53.2 Å². The Balaban J connectivity index is 0.000000399. The second-order valence-electron chi connectivity index (χ2n) is 4.11. The highest BCUT2D eigenvalue weighted by Gasteiger charge is 2.38. The average Bonchev–Trinajstić information content (AvgIpc) is 2.28. The van der Waals surface area contributed by atoms with Crippen molar-refractivity contribution in [2.45, 2.75) is 32.1 Å². The van der Waals surface area contributed by atoms with E-state index in [-0.39, 0.29) is 18.0 Å². The number of nitrogens with one attached hydrogen (secondary N) is 1. The SMILES string of the molecule is C=CC(=O)N1[C@H](C)CNC[C@@H]1C.O=C(O)C(F)(F)F. The molecule has 0 bridgehead atoms. The van der Waals surface area contributed by atoms with Gasteiger partial charge >= 0.3 is 12.1 Å². The minimum absolute atomic E-state index is 0.0384. The quantitative estimate of drug-likeness (QED) is 0.704. The number of hydrogen-bond acceptors (Lipinski definition) is 3. The number of rotatable bonds is 1. The fraction of sp³-hybridized carbons (Fsp3) is 0.636. The van der Waals surface area contributed by atoms with Gasteiger partial charge in [-0.25, -0.2) is 4.79 Å². The number of halogens is 3. The molecule has 2 N–H and O–H groups in total. The Hall–Kier alpha value is -1.57. The van der Waals surface area contributed by atoms with Gasteiger partial charge in [-0.05, 0) is 19.9 Å². The zero-order chi connectivity index (χ0) is 15.2. The zero-order valence-corrected chi connectivity index (χ0v) is 10.7. The molecule has 19 heavy (non-hydrogen) atoms. The van der Waals surface area contributed by atoms with Crippen LogP contribution in [0.4, 0.5) is 13.2 Å². The lowest BCUT2D eigenvalue weighted by molar-refractivity contribution is -0.192. The predicted molar refractivity (Wildman–Crippen MR) is 62.5 cm³/mol. The number of carboxylic acid groups (broad SMARTS) is 1. The molecule has 1 aliphatic rings. The van der Waals surface area contributed by atoms with Gasteiger partial charge in [-0.3, -0.25) is 4.79 Å². The maximum Gasteiger partial charge on any atom is 0.490 e. The summed E-state index contributed by atoms with van der Waals surface area (Å²) in [4.78, 5) is 22.1. The molecule has 0 aromatic rings. The van der Waals surface area contributed by atoms with Gasteiger partial charge < -0.3 is 15.3 Å². The van der Waals surface area contributed by atoms with E-state index in [1.807, 2.05) is 18.7 Å². The Morgan fingerprint density at radius 1 is 1.32 bits per heavy atom. The largest absolute Gasteiger partial charge is 0.490 e. The van der Waals surface area contributed by atoms with E-state index in [0.717, 1.165) is 13.1 Å². The molecule has 1 heterocycles. The van der Waals surface area contributed by atoms with Gasteiger partial charge in [0, 0.05) is 25.2 Å². The Labute approximate surface area is 109 Å². The van der Waals surface area contributed by atoms with E-state index in [1.165, 1.54) is 6.08 Å². The molecule has 0 saturated carbocycles. The van der Waals surface area contributed by atoms with Crippen LogP contribution in [0.15, 0.2) is 12.7 Å². The first-order chi connectivity index (χ1) is 8.61. The molecule has 8 heteroatoms. The Morgan fingerprint density at radius 3 is 1.95 bits per heavy atom. The van der Waals surface area contributed by atoms with Crippen molar-refractivity contribution in [2.75, 3.05) is 13.1 Å². The number of carbonyl (C=O) groups is 2. The second kappa shape index (κ2) is 7.13. The molecule has 1 saturated heterocycles. The van der Waals surface area contributed by atoms with E-state index < -0.39 is 12.1 Å². The summed E-state index contributed by atoms with van der Waals surface area (Å²) in [5.41, 5.74) is 0. The van der Waals surface area contributed by atoms with E-state index in [4.69, 9.17) is 9.90 Å². The molecule has 1 fully saturated rings. The summed E-state index contributed by atoms with van der Waals surface area (Å²) in [6.45, 7) is 9.34. The van der Waals surface area contributed by atoms with E-state index in [1.54, 1.807) is 0 Å². The summed E-state index contributed by atoms with van der Waals surface area (Å²) in [6.07, 6.45) is -3.70. The van der Waals surface area contributed by atoms with Crippen LogP contribution in [0.3, 0.4) is 0 Å². The van der Waals surface area contributed by atoms with Gasteiger partial charge in [0.05, 0.1) is 0 Å². The molecule has 110 valence electrons. The van der Waals surface area contributed by atoms with E-state index in [0.29, 0.717) is 0 Å². The first-order valence-corrected chi connectivity index (χ1v) is 5.56. The van der Waals surface area contributed by atoms with Gasteiger partial charge in [0.1, 0.15) is 0 Å². The molecular weight excluding hydrogens is 265 g/mol. The molecule has 1 rings (SSSR count). The van der Waals surface area contributed by atoms with Crippen LogP contribution in [0, 0.1) is 0 Å². The molecule has 5 nitrogen and oxygen atoms in total. The van der Waals surface area contributed by atoms with Gasteiger partial charge in [0.25, 0.3) is 0 Å². The molecule has 0 aliphatic carbocycles. The molecule has 0 unspecified atom stereocenters. The number of alkyl halides is 3. The predicted octanol–water partition coefficient (Wildman–Crippen LogP) is 1.01. The van der Waals surface area contributed by atoms with Crippen LogP contribution in [0.25, 0.3) is 0 Å². The van der Waals surface area contributed by atoms with Crippen LogP contribution >= 0.6 is 0 Å². The molecule has 0 aromatic heterocycles. The lowest BCUT2D eigenvalue weighted by Gasteiger charge is -2.38. The summed E-state index contributed by atoms with van der Waals surface area (Å²) >= 11 is 0. The molecule has 2 atom stereocenters. The molecule has 0 spiro atoms. The van der Waals surface area contributed by atoms with E-state index in [2.05, 4.69) is 11.9 Å². The fourth-order valence-electron chi connectivity index (χ4n) is 1.67. The van der Waals surface area contributed by atoms with Gasteiger partial charge in [-0.2, -0.15) is 13.2 Å². The minimum atomic E-state index is -5.08. The number of carboxylic acids is 1. The van der Waals surface area contributed by atoms with Gasteiger partial charge in [0.15, 0.2) is 0 Å². The maximum absolute atomic E-state index is 11.4. The topological polar surface area (TPSA) is 69.6 Å². The van der Waals surface area contributed by atoms with Crippen molar-refractivity contribution in [1.29, 1.82) is 0 Å². The number of hydrogen-bond donors (Lipinski definition) is 2. The smallest absolute Gasteiger partial charge is 0.475 e. The van der Waals surface area contributed by atoms with Gasteiger partial charge in [0.2, 0.25) is 5.91 Å². The number of aliphatic carboxylic acids is 1. The van der Waals surface area contributed by atoms with E-state index in [9.17, 15) is 18.0 Å². The molecule has 1 amide bonds. The van der Waals surface area contributed by atoms with Crippen molar-refractivity contribution in [2.24, 2.45) is 0 Å². The number of carbonyl (C=O) groups excluding carboxylic acids is 1. The van der Waals surface area contributed by atoms with Crippen LogP contribution in [0.2, 0.25) is 0 Å². The monoisotopic (exact) mass is 282 g/mol. The van der Waals surface area contributed by atoms with Crippen LogP contribution in [0.5, 0.6) is 0 Å². The summed E-state index contributed by atoms with van der Waals surface area (Å²) < 4.78 is 31.7. The Kier molecular flexibility index (Phi) is 6.54. The van der Waals surface area contributed by atoms with Crippen molar-refractivity contribution >= 4 is 11.9 Å². The third-order valence-electron chi connectivity index (χ3n) is 2.50. The van der Waals surface area contributed by atoms with Gasteiger partial charge in [-0.15, -0.1) is 0 Å². The first kappa shape index (κ1) is 17.4.